The van der Waals surface area contributed by atoms with Crippen molar-refractivity contribution in [3.8, 4) is 0 Å². The topological polar surface area (TPSA) is 59.3 Å². The van der Waals surface area contributed by atoms with Gasteiger partial charge in [0.2, 0.25) is 0 Å². The number of carbonyl (C=O) groups excluding carboxylic acids is 1. The first-order chi connectivity index (χ1) is 8.99. The highest BCUT2D eigenvalue weighted by Crippen LogP contribution is 2.42. The number of carboxylic acid groups (broad SMARTS) is 1. The number of carbonyl (C=O) groups is 2. The van der Waals surface area contributed by atoms with Crippen molar-refractivity contribution in [2.24, 2.45) is 18.9 Å². The summed E-state index contributed by atoms with van der Waals surface area (Å²) in [4.78, 5) is 23.0. The molecule has 1 heterocycles. The summed E-state index contributed by atoms with van der Waals surface area (Å²) in [6.45, 7) is 0. The fraction of sp³-hybridized carbons (Fsp3) is 0.286. The van der Waals surface area contributed by atoms with Crippen LogP contribution < -0.4 is 0 Å². The van der Waals surface area contributed by atoms with Gasteiger partial charge in [0.05, 0.1) is 16.5 Å². The maximum atomic E-state index is 12.2. The number of halogens is 1. The largest absolute Gasteiger partial charge is 0.481 e. The van der Waals surface area contributed by atoms with Gasteiger partial charge in [-0.25, -0.2) is 0 Å². The van der Waals surface area contributed by atoms with E-state index in [1.54, 1.807) is 12.1 Å². The molecule has 1 fully saturated rings. The first kappa shape index (κ1) is 12.2. The number of ketones is 1. The summed E-state index contributed by atoms with van der Waals surface area (Å²) in [5, 5.41) is 10.3. The standard InChI is InChI=1S/C14H12ClNO3/c1-16-3-2-7-4-8(5-11(15)12(7)16)13(17)9-6-10(9)14(18)19/h2-5,9-10H,6H2,1H3,(H,18,19). The van der Waals surface area contributed by atoms with Crippen LogP contribution in [-0.2, 0) is 11.8 Å². The van der Waals surface area contributed by atoms with Crippen LogP contribution in [0.4, 0.5) is 0 Å². The average molecular weight is 278 g/mol. The zero-order valence-corrected chi connectivity index (χ0v) is 11.0. The number of fused-ring (bicyclic) bond motifs is 1. The van der Waals surface area contributed by atoms with Gasteiger partial charge >= 0.3 is 5.97 Å². The van der Waals surface area contributed by atoms with Gasteiger partial charge in [0, 0.05) is 30.1 Å². The Morgan fingerprint density at radius 1 is 1.37 bits per heavy atom. The molecule has 1 aromatic carbocycles. The molecule has 98 valence electrons. The molecule has 1 N–H and O–H groups in total. The Hall–Kier alpha value is -1.81. The second-order valence-corrected chi connectivity index (χ2v) is 5.38. The van der Waals surface area contributed by atoms with Crippen LogP contribution in [0, 0.1) is 11.8 Å². The summed E-state index contributed by atoms with van der Waals surface area (Å²) >= 11 is 6.19. The van der Waals surface area contributed by atoms with Gasteiger partial charge in [-0.1, -0.05) is 11.6 Å². The number of Topliss-reactive ketones (excluding diaryl/α,β-unsaturated/α-hetero) is 1. The third kappa shape index (κ3) is 1.92. The van der Waals surface area contributed by atoms with E-state index in [0.717, 1.165) is 10.9 Å². The molecule has 0 bridgehead atoms. The van der Waals surface area contributed by atoms with Gasteiger partial charge in [-0.3, -0.25) is 9.59 Å². The molecule has 3 rings (SSSR count). The fourth-order valence-electron chi connectivity index (χ4n) is 2.50. The SMILES string of the molecule is Cn1ccc2cc(C(=O)C3CC3C(=O)O)cc(Cl)c21. The summed E-state index contributed by atoms with van der Waals surface area (Å²) in [7, 11) is 1.89. The van der Waals surface area contributed by atoms with Crippen LogP contribution in [0.1, 0.15) is 16.8 Å². The fourth-order valence-corrected chi connectivity index (χ4v) is 2.86. The average Bonchev–Trinajstić information content (AvgIpc) is 3.07. The maximum Gasteiger partial charge on any atom is 0.307 e. The Morgan fingerprint density at radius 2 is 2.11 bits per heavy atom. The predicted molar refractivity (Wildman–Crippen MR) is 71.5 cm³/mol. The van der Waals surface area contributed by atoms with Crippen LogP contribution in [-0.4, -0.2) is 21.4 Å². The van der Waals surface area contributed by atoms with Crippen molar-refractivity contribution >= 4 is 34.3 Å². The number of aliphatic carboxylic acids is 1. The van der Waals surface area contributed by atoms with E-state index in [0.29, 0.717) is 17.0 Å². The van der Waals surface area contributed by atoms with Crippen molar-refractivity contribution < 1.29 is 14.7 Å². The van der Waals surface area contributed by atoms with Crippen LogP contribution in [0.3, 0.4) is 0 Å². The highest BCUT2D eigenvalue weighted by atomic mass is 35.5. The first-order valence-electron chi connectivity index (χ1n) is 6.00. The van der Waals surface area contributed by atoms with E-state index in [9.17, 15) is 9.59 Å². The van der Waals surface area contributed by atoms with E-state index in [4.69, 9.17) is 16.7 Å². The molecule has 0 amide bonds. The Labute approximate surface area is 114 Å². The van der Waals surface area contributed by atoms with Crippen LogP contribution in [0.15, 0.2) is 24.4 Å². The highest BCUT2D eigenvalue weighted by Gasteiger charge is 2.48. The van der Waals surface area contributed by atoms with Gasteiger partial charge < -0.3 is 9.67 Å². The lowest BCUT2D eigenvalue weighted by Gasteiger charge is -2.04. The predicted octanol–water partition coefficient (Wildman–Crippen LogP) is 2.74. The first-order valence-corrected chi connectivity index (χ1v) is 6.38. The third-order valence-electron chi connectivity index (χ3n) is 3.65. The summed E-state index contributed by atoms with van der Waals surface area (Å²) in [5.74, 6) is -1.95. The lowest BCUT2D eigenvalue weighted by Crippen LogP contribution is -2.08. The number of rotatable bonds is 3. The monoisotopic (exact) mass is 277 g/mol. The molecular weight excluding hydrogens is 266 g/mol. The highest BCUT2D eigenvalue weighted by molar-refractivity contribution is 6.35. The number of nitrogens with zero attached hydrogens (tertiary/aromatic N) is 1. The van der Waals surface area contributed by atoms with Gasteiger partial charge in [0.15, 0.2) is 5.78 Å². The lowest BCUT2D eigenvalue weighted by atomic mass is 10.0. The zero-order valence-electron chi connectivity index (χ0n) is 10.3. The maximum absolute atomic E-state index is 12.2. The van der Waals surface area contributed by atoms with Gasteiger partial charge in [0.1, 0.15) is 0 Å². The van der Waals surface area contributed by atoms with E-state index in [2.05, 4.69) is 0 Å². The number of aromatic nitrogens is 1. The summed E-state index contributed by atoms with van der Waals surface area (Å²) in [5.41, 5.74) is 1.38. The minimum absolute atomic E-state index is 0.125. The number of carboxylic acids is 1. The summed E-state index contributed by atoms with van der Waals surface area (Å²) in [6.07, 6.45) is 2.31. The van der Waals surface area contributed by atoms with Crippen molar-refractivity contribution in [3.63, 3.8) is 0 Å². The second kappa shape index (κ2) is 4.10. The molecule has 5 heteroatoms. The minimum atomic E-state index is -0.898. The molecule has 2 atom stereocenters. The third-order valence-corrected chi connectivity index (χ3v) is 3.94. The molecular formula is C14H12ClNO3. The van der Waals surface area contributed by atoms with Crippen LogP contribution in [0.2, 0.25) is 5.02 Å². The van der Waals surface area contributed by atoms with E-state index >= 15 is 0 Å². The number of benzene rings is 1. The molecule has 1 saturated carbocycles. The molecule has 0 aliphatic heterocycles. The molecule has 1 aromatic heterocycles. The number of aryl methyl sites for hydroxylation is 1. The Balaban J connectivity index is 1.98. The minimum Gasteiger partial charge on any atom is -0.481 e. The van der Waals surface area contributed by atoms with Gasteiger partial charge in [-0.2, -0.15) is 0 Å². The lowest BCUT2D eigenvalue weighted by molar-refractivity contribution is -0.138. The number of hydrogen-bond acceptors (Lipinski definition) is 2. The zero-order chi connectivity index (χ0) is 13.7. The molecule has 0 radical (unpaired) electrons. The molecule has 1 aliphatic rings. The molecule has 1 aliphatic carbocycles. The second-order valence-electron chi connectivity index (χ2n) is 4.97. The van der Waals surface area contributed by atoms with Crippen molar-refractivity contribution in [2.45, 2.75) is 6.42 Å². The summed E-state index contributed by atoms with van der Waals surface area (Å²) in [6, 6.07) is 5.30. The normalized spacial score (nSPS) is 21.6. The van der Waals surface area contributed by atoms with E-state index in [1.807, 2.05) is 23.9 Å². The van der Waals surface area contributed by atoms with Crippen molar-refractivity contribution in [1.29, 1.82) is 0 Å². The van der Waals surface area contributed by atoms with Crippen molar-refractivity contribution in [3.05, 3.63) is 35.0 Å². The smallest absolute Gasteiger partial charge is 0.307 e. The molecule has 4 nitrogen and oxygen atoms in total. The van der Waals surface area contributed by atoms with Gasteiger partial charge in [0.25, 0.3) is 0 Å². The Kier molecular flexibility index (Phi) is 2.64. The van der Waals surface area contributed by atoms with Crippen LogP contribution in [0.25, 0.3) is 10.9 Å². The summed E-state index contributed by atoms with van der Waals surface area (Å²) < 4.78 is 1.89. The number of hydrogen-bond donors (Lipinski definition) is 1. The van der Waals surface area contributed by atoms with E-state index < -0.39 is 17.8 Å². The van der Waals surface area contributed by atoms with Crippen LogP contribution in [0.5, 0.6) is 0 Å². The molecule has 2 aromatic rings. The Bertz CT molecular complexity index is 704. The molecule has 0 saturated heterocycles. The van der Waals surface area contributed by atoms with Gasteiger partial charge in [-0.05, 0) is 24.6 Å². The van der Waals surface area contributed by atoms with Gasteiger partial charge in [-0.15, -0.1) is 0 Å². The van der Waals surface area contributed by atoms with Crippen LogP contribution >= 0.6 is 11.6 Å². The Morgan fingerprint density at radius 3 is 2.74 bits per heavy atom. The van der Waals surface area contributed by atoms with Crippen molar-refractivity contribution in [2.75, 3.05) is 0 Å². The molecule has 19 heavy (non-hydrogen) atoms. The van der Waals surface area contributed by atoms with E-state index in [-0.39, 0.29) is 5.78 Å². The quantitative estimate of drug-likeness (QED) is 0.878. The van der Waals surface area contributed by atoms with Crippen molar-refractivity contribution in [1.82, 2.24) is 4.57 Å². The molecule has 0 spiro atoms. The molecule has 2 unspecified atom stereocenters. The van der Waals surface area contributed by atoms with E-state index in [1.165, 1.54) is 0 Å².